The molecule has 28 heavy (non-hydrogen) atoms. The summed E-state index contributed by atoms with van der Waals surface area (Å²) >= 11 is 0. The van der Waals surface area contributed by atoms with Gasteiger partial charge in [-0.05, 0) is 43.5 Å². The molecule has 2 aliphatic heterocycles. The number of carboxylic acid groups (broad SMARTS) is 1. The molecule has 2 aliphatic rings. The topological polar surface area (TPSA) is 84.3 Å². The molecule has 0 aromatic heterocycles. The van der Waals surface area contributed by atoms with Crippen molar-refractivity contribution in [3.05, 3.63) is 29.8 Å². The van der Waals surface area contributed by atoms with Crippen molar-refractivity contribution in [2.24, 2.45) is 5.92 Å². The van der Waals surface area contributed by atoms with Crippen molar-refractivity contribution in [3.8, 4) is 5.75 Å². The number of nitrogens with zero attached hydrogens (tertiary/aromatic N) is 3. The third kappa shape index (κ3) is 5.45. The van der Waals surface area contributed by atoms with E-state index < -0.39 is 5.97 Å². The minimum Gasteiger partial charge on any atom is -0.508 e. The van der Waals surface area contributed by atoms with Gasteiger partial charge < -0.3 is 20.0 Å². The second-order valence-electron chi connectivity index (χ2n) is 8.07. The maximum absolute atomic E-state index is 12.8. The number of aromatic hydroxyl groups is 1. The molecule has 7 heteroatoms. The second-order valence-corrected chi connectivity index (χ2v) is 8.07. The zero-order chi connectivity index (χ0) is 20.1. The number of carboxylic acids is 1. The summed E-state index contributed by atoms with van der Waals surface area (Å²) in [5.74, 6) is -0.386. The number of hydrogen-bond donors (Lipinski definition) is 2. The van der Waals surface area contributed by atoms with Crippen LogP contribution in [0.4, 0.5) is 0 Å². The maximum Gasteiger partial charge on any atom is 0.303 e. The van der Waals surface area contributed by atoms with Crippen molar-refractivity contribution in [3.63, 3.8) is 0 Å². The molecule has 2 saturated heterocycles. The molecule has 2 atom stereocenters. The number of aliphatic carboxylic acids is 1. The van der Waals surface area contributed by atoms with Crippen molar-refractivity contribution in [2.75, 3.05) is 46.3 Å². The van der Waals surface area contributed by atoms with E-state index in [2.05, 4.69) is 16.8 Å². The van der Waals surface area contributed by atoms with Crippen LogP contribution in [0, 0.1) is 5.92 Å². The number of piperazine rings is 1. The van der Waals surface area contributed by atoms with Crippen LogP contribution < -0.4 is 0 Å². The Balaban J connectivity index is 1.64. The normalized spacial score (nSPS) is 24.2. The Morgan fingerprint density at radius 2 is 1.89 bits per heavy atom. The van der Waals surface area contributed by atoms with Gasteiger partial charge in [0.15, 0.2) is 0 Å². The highest BCUT2D eigenvalue weighted by molar-refractivity contribution is 5.79. The van der Waals surface area contributed by atoms with E-state index in [4.69, 9.17) is 5.11 Å². The van der Waals surface area contributed by atoms with Gasteiger partial charge >= 0.3 is 5.97 Å². The van der Waals surface area contributed by atoms with Gasteiger partial charge in [0, 0.05) is 51.7 Å². The summed E-state index contributed by atoms with van der Waals surface area (Å²) in [5.41, 5.74) is 0.799. The van der Waals surface area contributed by atoms with Crippen molar-refractivity contribution in [1.82, 2.24) is 14.7 Å². The van der Waals surface area contributed by atoms with Crippen LogP contribution in [-0.2, 0) is 16.0 Å². The van der Waals surface area contributed by atoms with Crippen LogP contribution in [0.5, 0.6) is 5.75 Å². The first kappa shape index (κ1) is 20.6. The fourth-order valence-electron chi connectivity index (χ4n) is 4.43. The summed E-state index contributed by atoms with van der Waals surface area (Å²) in [4.78, 5) is 30.6. The van der Waals surface area contributed by atoms with Crippen LogP contribution >= 0.6 is 0 Å². The number of carbonyl (C=O) groups is 2. The molecule has 0 aliphatic carbocycles. The molecular weight excluding hydrogens is 358 g/mol. The van der Waals surface area contributed by atoms with Crippen molar-refractivity contribution in [2.45, 2.75) is 31.7 Å². The molecule has 2 heterocycles. The van der Waals surface area contributed by atoms with Gasteiger partial charge in [-0.1, -0.05) is 12.1 Å². The Kier molecular flexibility index (Phi) is 6.91. The predicted octanol–water partition coefficient (Wildman–Crippen LogP) is 1.26. The Labute approximate surface area is 166 Å². The highest BCUT2D eigenvalue weighted by Crippen LogP contribution is 2.28. The van der Waals surface area contributed by atoms with E-state index in [1.807, 2.05) is 11.0 Å². The number of likely N-dealkylation sites (tertiary alicyclic amines) is 1. The van der Waals surface area contributed by atoms with E-state index in [0.29, 0.717) is 25.6 Å². The van der Waals surface area contributed by atoms with E-state index in [1.165, 1.54) is 0 Å². The molecule has 0 bridgehead atoms. The van der Waals surface area contributed by atoms with E-state index in [1.54, 1.807) is 18.2 Å². The summed E-state index contributed by atoms with van der Waals surface area (Å²) in [6.45, 7) is 5.38. The SMILES string of the molecule is CN1CCN([C@H]2CCN(C(=O)Cc3cccc(O)c3)C[C@H]2CCC(=O)O)CC1. The summed E-state index contributed by atoms with van der Waals surface area (Å²) in [5, 5.41) is 18.8. The third-order valence-electron chi connectivity index (χ3n) is 6.05. The molecule has 1 aromatic carbocycles. The van der Waals surface area contributed by atoms with Crippen LogP contribution in [0.2, 0.25) is 0 Å². The number of likely N-dealkylation sites (N-methyl/N-ethyl adjacent to an activating group) is 1. The van der Waals surface area contributed by atoms with Gasteiger partial charge in [-0.15, -0.1) is 0 Å². The lowest BCUT2D eigenvalue weighted by molar-refractivity contribution is -0.137. The van der Waals surface area contributed by atoms with Gasteiger partial charge in [-0.2, -0.15) is 0 Å². The first-order valence-electron chi connectivity index (χ1n) is 10.1. The van der Waals surface area contributed by atoms with Crippen molar-refractivity contribution >= 4 is 11.9 Å². The fourth-order valence-corrected chi connectivity index (χ4v) is 4.43. The van der Waals surface area contributed by atoms with Crippen LogP contribution in [0.25, 0.3) is 0 Å². The minimum absolute atomic E-state index is 0.0442. The number of rotatable bonds is 6. The summed E-state index contributed by atoms with van der Waals surface area (Å²) < 4.78 is 0. The fraction of sp³-hybridized carbons (Fsp3) is 0.619. The molecule has 154 valence electrons. The van der Waals surface area contributed by atoms with Gasteiger partial charge in [-0.25, -0.2) is 0 Å². The summed E-state index contributed by atoms with van der Waals surface area (Å²) in [6.07, 6.45) is 1.89. The van der Waals surface area contributed by atoms with Crippen LogP contribution in [-0.4, -0.2) is 89.1 Å². The van der Waals surface area contributed by atoms with E-state index in [9.17, 15) is 14.7 Å². The summed E-state index contributed by atoms with van der Waals surface area (Å²) in [7, 11) is 2.13. The molecule has 0 radical (unpaired) electrons. The van der Waals surface area contributed by atoms with Crippen molar-refractivity contribution in [1.29, 1.82) is 0 Å². The number of hydrogen-bond acceptors (Lipinski definition) is 5. The average molecular weight is 389 g/mol. The number of phenolic OH excluding ortho intramolecular Hbond substituents is 1. The molecule has 0 saturated carbocycles. The quantitative estimate of drug-likeness (QED) is 0.762. The first-order valence-corrected chi connectivity index (χ1v) is 10.1. The monoisotopic (exact) mass is 389 g/mol. The van der Waals surface area contributed by atoms with Crippen LogP contribution in [0.1, 0.15) is 24.8 Å². The molecule has 0 spiro atoms. The third-order valence-corrected chi connectivity index (χ3v) is 6.05. The van der Waals surface area contributed by atoms with Gasteiger partial charge in [-0.3, -0.25) is 14.5 Å². The molecule has 1 aromatic rings. The number of phenols is 1. The van der Waals surface area contributed by atoms with Gasteiger partial charge in [0.25, 0.3) is 0 Å². The largest absolute Gasteiger partial charge is 0.508 e. The lowest BCUT2D eigenvalue weighted by atomic mass is 9.86. The average Bonchev–Trinajstić information content (AvgIpc) is 2.67. The van der Waals surface area contributed by atoms with E-state index in [-0.39, 0.29) is 30.4 Å². The second kappa shape index (κ2) is 9.39. The van der Waals surface area contributed by atoms with Gasteiger partial charge in [0.1, 0.15) is 5.75 Å². The molecule has 7 nitrogen and oxygen atoms in total. The zero-order valence-electron chi connectivity index (χ0n) is 16.6. The van der Waals surface area contributed by atoms with Crippen molar-refractivity contribution < 1.29 is 19.8 Å². The smallest absolute Gasteiger partial charge is 0.303 e. The zero-order valence-corrected chi connectivity index (χ0v) is 16.6. The molecular formula is C21H31N3O4. The molecule has 3 rings (SSSR count). The standard InChI is InChI=1S/C21H31N3O4/c1-22-9-11-23(12-10-22)19-7-8-24(15-17(19)5-6-21(27)28)20(26)14-16-3-2-4-18(25)13-16/h2-4,13,17,19,25H,5-12,14-15H2,1H3,(H,27,28)/t17-,19+/m1/s1. The molecule has 1 amide bonds. The first-order chi connectivity index (χ1) is 13.4. The lowest BCUT2D eigenvalue weighted by Crippen LogP contribution is -2.57. The predicted molar refractivity (Wildman–Crippen MR) is 106 cm³/mol. The lowest BCUT2D eigenvalue weighted by Gasteiger charge is -2.46. The molecule has 0 unspecified atom stereocenters. The van der Waals surface area contributed by atoms with Gasteiger partial charge in [0.05, 0.1) is 6.42 Å². The minimum atomic E-state index is -0.777. The number of piperidine rings is 1. The maximum atomic E-state index is 12.8. The Bertz CT molecular complexity index is 688. The Hall–Kier alpha value is -2.12. The van der Waals surface area contributed by atoms with Crippen LogP contribution in [0.3, 0.4) is 0 Å². The van der Waals surface area contributed by atoms with Gasteiger partial charge in [0.2, 0.25) is 5.91 Å². The summed E-state index contributed by atoms with van der Waals surface area (Å²) in [6, 6.07) is 7.15. The molecule has 2 N–H and O–H groups in total. The number of benzene rings is 1. The van der Waals surface area contributed by atoms with Crippen LogP contribution in [0.15, 0.2) is 24.3 Å². The number of carbonyl (C=O) groups excluding carboxylic acids is 1. The Morgan fingerprint density at radius 3 is 2.57 bits per heavy atom. The highest BCUT2D eigenvalue weighted by Gasteiger charge is 2.35. The Morgan fingerprint density at radius 1 is 1.14 bits per heavy atom. The number of amides is 1. The van der Waals surface area contributed by atoms with E-state index in [0.717, 1.165) is 38.2 Å². The van der Waals surface area contributed by atoms with E-state index >= 15 is 0 Å². The molecule has 2 fully saturated rings. The highest BCUT2D eigenvalue weighted by atomic mass is 16.4.